The fourth-order valence-electron chi connectivity index (χ4n) is 2.93. The molecule has 1 N–H and O–H groups in total. The molecule has 0 spiro atoms. The third kappa shape index (κ3) is 4.55. The number of rotatable bonds is 4. The van der Waals surface area contributed by atoms with Gasteiger partial charge in [-0.15, -0.1) is 0 Å². The number of carbonyl (C=O) groups excluding carboxylic acids is 1. The second kappa shape index (κ2) is 7.32. The van der Waals surface area contributed by atoms with Crippen molar-refractivity contribution in [2.75, 3.05) is 7.05 Å². The van der Waals surface area contributed by atoms with Gasteiger partial charge in [0.1, 0.15) is 5.75 Å². The molecule has 110 valence electrons. The van der Waals surface area contributed by atoms with E-state index in [2.05, 4.69) is 0 Å². The zero-order chi connectivity index (χ0) is 14.4. The Bertz CT molecular complexity index is 419. The fraction of sp³-hybridized carbons (Fsp3) is 0.588. The van der Waals surface area contributed by atoms with E-state index in [1.165, 1.54) is 38.5 Å². The van der Waals surface area contributed by atoms with Crippen LogP contribution < -0.4 is 0 Å². The van der Waals surface area contributed by atoms with Gasteiger partial charge in [-0.05, 0) is 36.5 Å². The Balaban J connectivity index is 1.83. The lowest BCUT2D eigenvalue weighted by molar-refractivity contribution is -0.131. The molecule has 2 rings (SSSR count). The number of nitrogens with zero attached hydrogens (tertiary/aromatic N) is 1. The quantitative estimate of drug-likeness (QED) is 0.851. The number of hydrogen-bond donors (Lipinski definition) is 1. The van der Waals surface area contributed by atoms with E-state index in [9.17, 15) is 9.90 Å². The van der Waals surface area contributed by atoms with E-state index in [1.54, 1.807) is 17.0 Å². The van der Waals surface area contributed by atoms with Crippen LogP contribution in [0.3, 0.4) is 0 Å². The topological polar surface area (TPSA) is 40.5 Å². The fourth-order valence-corrected chi connectivity index (χ4v) is 2.93. The minimum absolute atomic E-state index is 0.241. The van der Waals surface area contributed by atoms with Crippen LogP contribution in [-0.2, 0) is 11.3 Å². The molecule has 3 heteroatoms. The van der Waals surface area contributed by atoms with Crippen molar-refractivity contribution in [2.24, 2.45) is 5.92 Å². The Morgan fingerprint density at radius 2 is 1.75 bits per heavy atom. The predicted molar refractivity (Wildman–Crippen MR) is 80.4 cm³/mol. The average Bonchev–Trinajstić information content (AvgIpc) is 2.70. The molecule has 0 aromatic heterocycles. The number of carbonyl (C=O) groups is 1. The minimum Gasteiger partial charge on any atom is -0.508 e. The van der Waals surface area contributed by atoms with E-state index in [0.29, 0.717) is 18.9 Å². The Kier molecular flexibility index (Phi) is 5.45. The summed E-state index contributed by atoms with van der Waals surface area (Å²) in [6, 6.07) is 7.06. The summed E-state index contributed by atoms with van der Waals surface area (Å²) in [6.07, 6.45) is 8.31. The van der Waals surface area contributed by atoms with Crippen molar-refractivity contribution in [3.63, 3.8) is 0 Å². The highest BCUT2D eigenvalue weighted by Gasteiger charge is 2.18. The first-order valence-electron chi connectivity index (χ1n) is 7.67. The second-order valence-electron chi connectivity index (χ2n) is 5.98. The standard InChI is InChI=1S/C17H25NO2/c1-18(13-15-8-10-16(19)11-9-15)17(20)12-14-6-4-2-3-5-7-14/h8-11,14,19H,2-7,12-13H2,1H3. The second-order valence-corrected chi connectivity index (χ2v) is 5.98. The molecular formula is C17H25NO2. The van der Waals surface area contributed by atoms with Crippen LogP contribution in [0.25, 0.3) is 0 Å². The van der Waals surface area contributed by atoms with Gasteiger partial charge in [0.05, 0.1) is 0 Å². The molecule has 0 saturated heterocycles. The van der Waals surface area contributed by atoms with Gasteiger partial charge in [-0.1, -0.05) is 37.8 Å². The SMILES string of the molecule is CN(Cc1ccc(O)cc1)C(=O)CC1CCCCCC1. The van der Waals surface area contributed by atoms with Crippen LogP contribution in [-0.4, -0.2) is 23.0 Å². The summed E-state index contributed by atoms with van der Waals surface area (Å²) >= 11 is 0. The van der Waals surface area contributed by atoms with Crippen LogP contribution >= 0.6 is 0 Å². The van der Waals surface area contributed by atoms with E-state index < -0.39 is 0 Å². The van der Waals surface area contributed by atoms with Crippen molar-refractivity contribution < 1.29 is 9.90 Å². The molecule has 0 bridgehead atoms. The molecule has 1 aromatic carbocycles. The van der Waals surface area contributed by atoms with Crippen molar-refractivity contribution in [2.45, 2.75) is 51.5 Å². The number of amides is 1. The van der Waals surface area contributed by atoms with Crippen molar-refractivity contribution in [3.8, 4) is 5.75 Å². The zero-order valence-electron chi connectivity index (χ0n) is 12.3. The van der Waals surface area contributed by atoms with Crippen LogP contribution in [0.1, 0.15) is 50.5 Å². The molecule has 0 heterocycles. The lowest BCUT2D eigenvalue weighted by Crippen LogP contribution is -2.28. The van der Waals surface area contributed by atoms with Crippen molar-refractivity contribution >= 4 is 5.91 Å². The summed E-state index contributed by atoms with van der Waals surface area (Å²) in [7, 11) is 1.87. The summed E-state index contributed by atoms with van der Waals surface area (Å²) in [5.41, 5.74) is 1.06. The number of hydrogen-bond acceptors (Lipinski definition) is 2. The monoisotopic (exact) mass is 275 g/mol. The molecule has 0 aliphatic heterocycles. The van der Waals surface area contributed by atoms with E-state index in [-0.39, 0.29) is 11.7 Å². The third-order valence-electron chi connectivity index (χ3n) is 4.22. The molecule has 1 aliphatic carbocycles. The molecule has 0 radical (unpaired) electrons. The number of aromatic hydroxyl groups is 1. The molecule has 0 unspecified atom stereocenters. The first-order chi connectivity index (χ1) is 9.65. The van der Waals surface area contributed by atoms with Gasteiger partial charge in [0, 0.05) is 20.0 Å². The van der Waals surface area contributed by atoms with Crippen LogP contribution in [0, 0.1) is 5.92 Å². The first-order valence-corrected chi connectivity index (χ1v) is 7.67. The Labute approximate surface area is 121 Å². The van der Waals surface area contributed by atoms with E-state index in [0.717, 1.165) is 5.56 Å². The summed E-state index contributed by atoms with van der Waals surface area (Å²) in [4.78, 5) is 14.1. The van der Waals surface area contributed by atoms with Gasteiger partial charge in [0.25, 0.3) is 0 Å². The van der Waals surface area contributed by atoms with Gasteiger partial charge in [0.2, 0.25) is 5.91 Å². The molecule has 1 aromatic rings. The highest BCUT2D eigenvalue weighted by molar-refractivity contribution is 5.76. The van der Waals surface area contributed by atoms with E-state index in [1.807, 2.05) is 19.2 Å². The van der Waals surface area contributed by atoms with Crippen molar-refractivity contribution in [3.05, 3.63) is 29.8 Å². The maximum atomic E-state index is 12.3. The maximum Gasteiger partial charge on any atom is 0.222 e. The smallest absolute Gasteiger partial charge is 0.222 e. The number of phenols is 1. The summed E-state index contributed by atoms with van der Waals surface area (Å²) in [5, 5.41) is 9.26. The van der Waals surface area contributed by atoms with Crippen LogP contribution in [0.5, 0.6) is 5.75 Å². The first kappa shape index (κ1) is 14.9. The van der Waals surface area contributed by atoms with E-state index >= 15 is 0 Å². The number of phenolic OH excluding ortho intramolecular Hbond substituents is 1. The molecule has 0 atom stereocenters. The van der Waals surface area contributed by atoms with Crippen LogP contribution in [0.2, 0.25) is 0 Å². The van der Waals surface area contributed by atoms with Gasteiger partial charge in [-0.3, -0.25) is 4.79 Å². The maximum absolute atomic E-state index is 12.3. The molecular weight excluding hydrogens is 250 g/mol. The van der Waals surface area contributed by atoms with Gasteiger partial charge in [-0.25, -0.2) is 0 Å². The average molecular weight is 275 g/mol. The molecule has 1 aliphatic rings. The molecule has 3 nitrogen and oxygen atoms in total. The van der Waals surface area contributed by atoms with Gasteiger partial charge in [0.15, 0.2) is 0 Å². The van der Waals surface area contributed by atoms with Crippen molar-refractivity contribution in [1.82, 2.24) is 4.90 Å². The van der Waals surface area contributed by atoms with Crippen molar-refractivity contribution in [1.29, 1.82) is 0 Å². The van der Waals surface area contributed by atoms with Crippen LogP contribution in [0.15, 0.2) is 24.3 Å². The normalized spacial score (nSPS) is 16.6. The highest BCUT2D eigenvalue weighted by Crippen LogP contribution is 2.26. The number of benzene rings is 1. The highest BCUT2D eigenvalue weighted by atomic mass is 16.3. The van der Waals surface area contributed by atoms with Gasteiger partial charge < -0.3 is 10.0 Å². The lowest BCUT2D eigenvalue weighted by Gasteiger charge is -2.21. The molecule has 1 fully saturated rings. The zero-order valence-corrected chi connectivity index (χ0v) is 12.3. The largest absolute Gasteiger partial charge is 0.508 e. The predicted octanol–water partition coefficient (Wildman–Crippen LogP) is 3.71. The Morgan fingerprint density at radius 3 is 2.35 bits per heavy atom. The molecule has 1 saturated carbocycles. The van der Waals surface area contributed by atoms with Gasteiger partial charge >= 0.3 is 0 Å². The summed E-state index contributed by atoms with van der Waals surface area (Å²) in [6.45, 7) is 0.617. The molecule has 1 amide bonds. The lowest BCUT2D eigenvalue weighted by atomic mass is 9.96. The third-order valence-corrected chi connectivity index (χ3v) is 4.22. The minimum atomic E-state index is 0.241. The Morgan fingerprint density at radius 1 is 1.15 bits per heavy atom. The summed E-state index contributed by atoms with van der Waals surface area (Å²) in [5.74, 6) is 1.08. The van der Waals surface area contributed by atoms with Gasteiger partial charge in [-0.2, -0.15) is 0 Å². The van der Waals surface area contributed by atoms with E-state index in [4.69, 9.17) is 0 Å². The van der Waals surface area contributed by atoms with Crippen LogP contribution in [0.4, 0.5) is 0 Å². The summed E-state index contributed by atoms with van der Waals surface area (Å²) < 4.78 is 0. The molecule has 20 heavy (non-hydrogen) atoms. The Hall–Kier alpha value is -1.51.